The van der Waals surface area contributed by atoms with Gasteiger partial charge < -0.3 is 4.74 Å². The van der Waals surface area contributed by atoms with Crippen molar-refractivity contribution in [3.05, 3.63) is 64.7 Å². The maximum absolute atomic E-state index is 14.0. The Bertz CT molecular complexity index is 731. The van der Waals surface area contributed by atoms with E-state index in [9.17, 15) is 22.4 Å². The molecule has 0 N–H and O–H groups in total. The van der Waals surface area contributed by atoms with Gasteiger partial charge in [-0.15, -0.1) is 0 Å². The summed E-state index contributed by atoms with van der Waals surface area (Å²) in [6.45, 7) is -1.41. The number of hydrogen-bond acceptors (Lipinski definition) is 2. The minimum atomic E-state index is -0.867. The quantitative estimate of drug-likeness (QED) is 0.396. The molecule has 0 aliphatic heterocycles. The molecule has 134 valence electrons. The van der Waals surface area contributed by atoms with E-state index in [4.69, 9.17) is 4.74 Å². The summed E-state index contributed by atoms with van der Waals surface area (Å²) in [5.41, 5.74) is 1.66. The highest BCUT2D eigenvalue weighted by Crippen LogP contribution is 2.21. The number of ether oxygens (including phenoxy) is 1. The molecular weight excluding hydrogens is 336 g/mol. The van der Waals surface area contributed by atoms with Gasteiger partial charge in [0.2, 0.25) is 0 Å². The predicted octanol–water partition coefficient (Wildman–Crippen LogP) is 4.53. The highest BCUT2D eigenvalue weighted by Gasteiger charge is 2.11. The third-order valence-electron chi connectivity index (χ3n) is 3.70. The molecule has 0 saturated heterocycles. The molecule has 0 heterocycles. The zero-order valence-electron chi connectivity index (χ0n) is 13.5. The maximum atomic E-state index is 14.0. The van der Waals surface area contributed by atoms with E-state index < -0.39 is 37.4 Å². The first-order valence-corrected chi connectivity index (χ1v) is 7.92. The number of esters is 1. The van der Waals surface area contributed by atoms with E-state index in [0.717, 1.165) is 0 Å². The first-order chi connectivity index (χ1) is 12.0. The summed E-state index contributed by atoms with van der Waals surface area (Å²) < 4.78 is 56.9. The smallest absolute Gasteiger partial charge is 0.313 e. The summed E-state index contributed by atoms with van der Waals surface area (Å²) in [5.74, 6) is -2.25. The van der Waals surface area contributed by atoms with E-state index in [1.54, 1.807) is 18.2 Å². The van der Waals surface area contributed by atoms with Gasteiger partial charge in [-0.1, -0.05) is 18.2 Å². The summed E-state index contributed by atoms with van der Waals surface area (Å²) >= 11 is 0. The van der Waals surface area contributed by atoms with Gasteiger partial charge in [-0.3, -0.25) is 13.6 Å². The fourth-order valence-corrected chi connectivity index (χ4v) is 2.37. The largest absolute Gasteiger partial charge is 0.423 e. The van der Waals surface area contributed by atoms with Crippen LogP contribution in [0, 0.1) is 11.6 Å². The number of halogens is 4. The van der Waals surface area contributed by atoms with Gasteiger partial charge in [-0.2, -0.15) is 0 Å². The minimum absolute atomic E-state index is 0.172. The SMILES string of the molecule is O=C(CCF)Oc1ccc(CCc2ccc(CCF)cc2F)cc1F. The Kier molecular flexibility index (Phi) is 6.98. The fourth-order valence-electron chi connectivity index (χ4n) is 2.37. The Hall–Kier alpha value is -2.37. The van der Waals surface area contributed by atoms with Gasteiger partial charge in [0.1, 0.15) is 5.82 Å². The Morgan fingerprint density at radius 2 is 1.52 bits per heavy atom. The monoisotopic (exact) mass is 354 g/mol. The third-order valence-corrected chi connectivity index (χ3v) is 3.70. The van der Waals surface area contributed by atoms with Gasteiger partial charge in [0.25, 0.3) is 0 Å². The van der Waals surface area contributed by atoms with E-state index in [-0.39, 0.29) is 12.2 Å². The minimum Gasteiger partial charge on any atom is -0.423 e. The van der Waals surface area contributed by atoms with Crippen molar-refractivity contribution >= 4 is 5.97 Å². The molecule has 0 radical (unpaired) electrons. The first-order valence-electron chi connectivity index (χ1n) is 7.92. The molecule has 0 bridgehead atoms. The van der Waals surface area contributed by atoms with Crippen molar-refractivity contribution < 1.29 is 27.1 Å². The van der Waals surface area contributed by atoms with Crippen molar-refractivity contribution in [1.29, 1.82) is 0 Å². The second kappa shape index (κ2) is 9.20. The predicted molar refractivity (Wildman–Crippen MR) is 86.1 cm³/mol. The van der Waals surface area contributed by atoms with E-state index in [2.05, 4.69) is 0 Å². The zero-order chi connectivity index (χ0) is 18.2. The third kappa shape index (κ3) is 5.59. The topological polar surface area (TPSA) is 26.3 Å². The highest BCUT2D eigenvalue weighted by molar-refractivity contribution is 5.72. The van der Waals surface area contributed by atoms with Crippen LogP contribution in [-0.4, -0.2) is 19.3 Å². The molecule has 0 amide bonds. The van der Waals surface area contributed by atoms with Crippen molar-refractivity contribution in [2.24, 2.45) is 0 Å². The van der Waals surface area contributed by atoms with Gasteiger partial charge in [0, 0.05) is 6.42 Å². The molecule has 25 heavy (non-hydrogen) atoms. The first kappa shape index (κ1) is 19.0. The Morgan fingerprint density at radius 1 is 0.840 bits per heavy atom. The lowest BCUT2D eigenvalue weighted by Gasteiger charge is -2.08. The lowest BCUT2D eigenvalue weighted by Crippen LogP contribution is -2.09. The van der Waals surface area contributed by atoms with E-state index >= 15 is 0 Å². The van der Waals surface area contributed by atoms with Gasteiger partial charge in [0.05, 0.1) is 19.8 Å². The van der Waals surface area contributed by atoms with Crippen LogP contribution in [0.4, 0.5) is 17.6 Å². The molecule has 0 atom stereocenters. The zero-order valence-corrected chi connectivity index (χ0v) is 13.5. The summed E-state index contributed by atoms with van der Waals surface area (Å²) in [6, 6.07) is 8.64. The molecule has 2 aromatic rings. The van der Waals surface area contributed by atoms with Gasteiger partial charge >= 0.3 is 5.97 Å². The van der Waals surface area contributed by atoms with Crippen LogP contribution in [0.5, 0.6) is 5.75 Å². The second-order valence-electron chi connectivity index (χ2n) is 5.54. The van der Waals surface area contributed by atoms with E-state index in [1.807, 2.05) is 0 Å². The van der Waals surface area contributed by atoms with Crippen LogP contribution in [-0.2, 0) is 24.1 Å². The molecule has 0 aromatic heterocycles. The Labute approximate surface area is 143 Å². The van der Waals surface area contributed by atoms with E-state index in [0.29, 0.717) is 29.5 Å². The fraction of sp³-hybridized carbons (Fsp3) is 0.316. The number of benzene rings is 2. The standard InChI is InChI=1S/C19H18F4O2/c20-9-7-14-2-5-15(16(22)11-14)4-1-13-3-6-18(17(23)12-13)25-19(24)8-10-21/h2-3,5-6,11-12H,1,4,7-10H2. The van der Waals surface area contributed by atoms with Crippen LogP contribution in [0.1, 0.15) is 23.1 Å². The van der Waals surface area contributed by atoms with Crippen molar-refractivity contribution in [2.45, 2.75) is 25.7 Å². The average molecular weight is 354 g/mol. The highest BCUT2D eigenvalue weighted by atomic mass is 19.1. The van der Waals surface area contributed by atoms with Crippen molar-refractivity contribution in [1.82, 2.24) is 0 Å². The molecule has 2 rings (SSSR count). The molecule has 2 aromatic carbocycles. The van der Waals surface area contributed by atoms with Crippen LogP contribution >= 0.6 is 0 Å². The van der Waals surface area contributed by atoms with Crippen molar-refractivity contribution in [3.8, 4) is 5.75 Å². The number of rotatable bonds is 8. The number of alkyl halides is 2. The summed E-state index contributed by atoms with van der Waals surface area (Å²) in [6.07, 6.45) is 0.473. The average Bonchev–Trinajstić information content (AvgIpc) is 2.57. The molecule has 0 saturated carbocycles. The van der Waals surface area contributed by atoms with Crippen molar-refractivity contribution in [3.63, 3.8) is 0 Å². The van der Waals surface area contributed by atoms with Crippen LogP contribution < -0.4 is 4.74 Å². The van der Waals surface area contributed by atoms with Crippen LogP contribution in [0.2, 0.25) is 0 Å². The molecule has 6 heteroatoms. The van der Waals surface area contributed by atoms with Crippen LogP contribution in [0.25, 0.3) is 0 Å². The second-order valence-corrected chi connectivity index (χ2v) is 5.54. The van der Waals surface area contributed by atoms with Crippen molar-refractivity contribution in [2.75, 3.05) is 13.3 Å². The number of aryl methyl sites for hydroxylation is 3. The summed E-state index contributed by atoms with van der Waals surface area (Å²) in [5, 5.41) is 0. The number of carbonyl (C=O) groups is 1. The van der Waals surface area contributed by atoms with E-state index in [1.165, 1.54) is 18.2 Å². The maximum Gasteiger partial charge on any atom is 0.313 e. The number of hydrogen-bond donors (Lipinski definition) is 0. The normalized spacial score (nSPS) is 10.7. The molecular formula is C19H18F4O2. The summed E-state index contributed by atoms with van der Waals surface area (Å²) in [4.78, 5) is 11.2. The van der Waals surface area contributed by atoms with Gasteiger partial charge in [-0.05, 0) is 47.7 Å². The molecule has 2 nitrogen and oxygen atoms in total. The van der Waals surface area contributed by atoms with Gasteiger partial charge in [-0.25, -0.2) is 8.78 Å². The van der Waals surface area contributed by atoms with Crippen LogP contribution in [0.3, 0.4) is 0 Å². The van der Waals surface area contributed by atoms with Gasteiger partial charge in [0.15, 0.2) is 11.6 Å². The molecule has 0 aliphatic rings. The molecule has 0 aliphatic carbocycles. The molecule has 0 unspecified atom stereocenters. The molecule has 0 fully saturated rings. The lowest BCUT2D eigenvalue weighted by molar-refractivity contribution is -0.134. The Morgan fingerprint density at radius 3 is 2.16 bits per heavy atom. The number of carbonyl (C=O) groups excluding carboxylic acids is 1. The van der Waals surface area contributed by atoms with Crippen LogP contribution in [0.15, 0.2) is 36.4 Å². The lowest BCUT2D eigenvalue weighted by atomic mass is 10.0. The Balaban J connectivity index is 1.99. The summed E-state index contributed by atoms with van der Waals surface area (Å²) in [7, 11) is 0. The molecule has 0 spiro atoms.